The summed E-state index contributed by atoms with van der Waals surface area (Å²) in [5, 5.41) is 34.4. The lowest BCUT2D eigenvalue weighted by Crippen LogP contribution is -2.66. The van der Waals surface area contributed by atoms with Gasteiger partial charge in [-0.1, -0.05) is 0 Å². The van der Waals surface area contributed by atoms with Crippen LogP contribution in [0, 0.1) is 17.2 Å². The van der Waals surface area contributed by atoms with Crippen LogP contribution in [0.2, 0.25) is 0 Å². The van der Waals surface area contributed by atoms with Crippen molar-refractivity contribution in [2.45, 2.75) is 37.0 Å². The SMILES string of the molecule is CN1CC(COc2ccc(C#N)cn2)CC12CN(Cc1cnn(C)c1)C2.O=C(O)C(F)(F)F.O=C(O)C(F)(F)F.O=C(O)C(F)(F)F. The number of hydrogen-bond acceptors (Lipinski definition) is 9. The van der Waals surface area contributed by atoms with Crippen molar-refractivity contribution in [3.63, 3.8) is 0 Å². The Kier molecular flexibility index (Phi) is 14.0. The highest BCUT2D eigenvalue weighted by molar-refractivity contribution is 5.73. The Bertz CT molecular complexity index is 1330. The van der Waals surface area contributed by atoms with Crippen LogP contribution < -0.4 is 4.74 Å². The minimum Gasteiger partial charge on any atom is -0.477 e. The number of pyridine rings is 1. The summed E-state index contributed by atoms with van der Waals surface area (Å²) in [5.74, 6) is -7.16. The zero-order valence-electron chi connectivity index (χ0n) is 24.3. The van der Waals surface area contributed by atoms with Crippen molar-refractivity contribution in [3.8, 4) is 11.9 Å². The minimum absolute atomic E-state index is 0.286. The molecule has 262 valence electrons. The lowest BCUT2D eigenvalue weighted by Gasteiger charge is -2.52. The molecule has 2 saturated heterocycles. The van der Waals surface area contributed by atoms with Gasteiger partial charge >= 0.3 is 36.4 Å². The number of aryl methyl sites for hydroxylation is 1. The molecule has 0 amide bonds. The van der Waals surface area contributed by atoms with Gasteiger partial charge < -0.3 is 20.1 Å². The number of rotatable bonds is 5. The van der Waals surface area contributed by atoms with Gasteiger partial charge in [0.05, 0.1) is 18.4 Å². The molecule has 4 rings (SSSR count). The molecular formula is C25H27F9N6O7. The number of nitrogens with zero attached hydrogens (tertiary/aromatic N) is 6. The van der Waals surface area contributed by atoms with E-state index in [1.165, 1.54) is 5.56 Å². The zero-order chi connectivity index (χ0) is 36.4. The number of carboxylic acids is 3. The highest BCUT2D eigenvalue weighted by atomic mass is 19.4. The molecule has 0 bridgehead atoms. The maximum Gasteiger partial charge on any atom is 0.490 e. The topological polar surface area (TPSA) is 182 Å². The molecular weight excluding hydrogens is 667 g/mol. The molecule has 0 aliphatic carbocycles. The van der Waals surface area contributed by atoms with E-state index in [-0.39, 0.29) is 5.54 Å². The second-order valence-corrected chi connectivity index (χ2v) is 10.1. The molecule has 1 unspecified atom stereocenters. The fraction of sp³-hybridized carbons (Fsp3) is 0.520. The number of likely N-dealkylation sites (tertiary alicyclic amines) is 2. The second-order valence-electron chi connectivity index (χ2n) is 10.1. The fourth-order valence-electron chi connectivity index (χ4n) is 4.27. The predicted molar refractivity (Wildman–Crippen MR) is 137 cm³/mol. The monoisotopic (exact) mass is 694 g/mol. The van der Waals surface area contributed by atoms with Crippen molar-refractivity contribution in [3.05, 3.63) is 41.9 Å². The van der Waals surface area contributed by atoms with E-state index in [0.29, 0.717) is 24.0 Å². The summed E-state index contributed by atoms with van der Waals surface area (Å²) in [4.78, 5) is 35.9. The van der Waals surface area contributed by atoms with Gasteiger partial charge in [-0.3, -0.25) is 14.5 Å². The molecule has 47 heavy (non-hydrogen) atoms. The maximum absolute atomic E-state index is 10.6. The number of hydrogen-bond donors (Lipinski definition) is 3. The number of halogens is 9. The van der Waals surface area contributed by atoms with Crippen molar-refractivity contribution in [2.24, 2.45) is 13.0 Å². The predicted octanol–water partition coefficient (Wildman–Crippen LogP) is 3.17. The average molecular weight is 695 g/mol. The normalized spacial score (nSPS) is 17.4. The van der Waals surface area contributed by atoms with Gasteiger partial charge in [0, 0.05) is 68.7 Å². The molecule has 2 fully saturated rings. The Balaban J connectivity index is 0.000000430. The number of aromatic nitrogens is 3. The van der Waals surface area contributed by atoms with Gasteiger partial charge in [-0.15, -0.1) is 0 Å². The Morgan fingerprint density at radius 3 is 1.79 bits per heavy atom. The lowest BCUT2D eigenvalue weighted by atomic mass is 9.84. The molecule has 0 aromatic carbocycles. The Morgan fingerprint density at radius 1 is 0.936 bits per heavy atom. The maximum atomic E-state index is 10.6. The largest absolute Gasteiger partial charge is 0.490 e. The van der Waals surface area contributed by atoms with Crippen LogP contribution >= 0.6 is 0 Å². The van der Waals surface area contributed by atoms with Crippen LogP contribution in [0.3, 0.4) is 0 Å². The number of carbonyl (C=O) groups is 3. The first kappa shape index (κ1) is 40.4. The smallest absolute Gasteiger partial charge is 0.477 e. The number of alkyl halides is 9. The Morgan fingerprint density at radius 2 is 1.43 bits per heavy atom. The van der Waals surface area contributed by atoms with Crippen LogP contribution in [0.15, 0.2) is 30.7 Å². The van der Waals surface area contributed by atoms with Crippen LogP contribution in [-0.4, -0.2) is 115 Å². The molecule has 1 spiro atoms. The van der Waals surface area contributed by atoms with Crippen LogP contribution in [0.25, 0.3) is 0 Å². The minimum atomic E-state index is -5.08. The fourth-order valence-corrected chi connectivity index (χ4v) is 4.27. The molecule has 2 aliphatic heterocycles. The molecule has 4 heterocycles. The Labute approximate surface area is 259 Å². The highest BCUT2D eigenvalue weighted by Gasteiger charge is 2.51. The molecule has 2 aromatic heterocycles. The van der Waals surface area contributed by atoms with E-state index >= 15 is 0 Å². The van der Waals surface area contributed by atoms with Crippen LogP contribution in [0.1, 0.15) is 17.5 Å². The van der Waals surface area contributed by atoms with Crippen LogP contribution in [0.5, 0.6) is 5.88 Å². The molecule has 2 aliphatic rings. The van der Waals surface area contributed by atoms with Crippen molar-refractivity contribution in [1.82, 2.24) is 24.6 Å². The van der Waals surface area contributed by atoms with Gasteiger partial charge in [-0.2, -0.15) is 49.9 Å². The standard InChI is InChI=1S/C19H24N6O.3C2HF3O2/c1-23-9-16(12-26-18-4-3-15(6-20)7-21-18)5-19(23)13-25(14-19)11-17-8-22-24(2)10-17;3*3-2(4,5)1(6)7/h3-4,7-8,10,16H,5,9,11-14H2,1-2H3;3*(H,6,7). The molecule has 13 nitrogen and oxygen atoms in total. The van der Waals surface area contributed by atoms with E-state index in [1.54, 1.807) is 18.3 Å². The van der Waals surface area contributed by atoms with E-state index < -0.39 is 36.4 Å². The summed E-state index contributed by atoms with van der Waals surface area (Å²) >= 11 is 0. The Hall–Kier alpha value is -4.65. The summed E-state index contributed by atoms with van der Waals surface area (Å²) in [7, 11) is 4.18. The molecule has 1 atom stereocenters. The van der Waals surface area contributed by atoms with Gasteiger partial charge in [0.15, 0.2) is 0 Å². The van der Waals surface area contributed by atoms with Gasteiger partial charge in [0.25, 0.3) is 0 Å². The molecule has 0 saturated carbocycles. The van der Waals surface area contributed by atoms with Crippen molar-refractivity contribution in [2.75, 3.05) is 33.3 Å². The first-order chi connectivity index (χ1) is 21.4. The van der Waals surface area contributed by atoms with Gasteiger partial charge in [0.1, 0.15) is 6.07 Å². The third kappa shape index (κ3) is 13.7. The van der Waals surface area contributed by atoms with E-state index in [2.05, 4.69) is 39.2 Å². The third-order valence-electron chi connectivity index (χ3n) is 6.27. The lowest BCUT2D eigenvalue weighted by molar-refractivity contribution is -0.193. The summed E-state index contributed by atoms with van der Waals surface area (Å²) in [6, 6.07) is 5.58. The summed E-state index contributed by atoms with van der Waals surface area (Å²) in [6.45, 7) is 4.90. The summed E-state index contributed by atoms with van der Waals surface area (Å²) in [5.41, 5.74) is 2.11. The van der Waals surface area contributed by atoms with Crippen molar-refractivity contribution >= 4 is 17.9 Å². The average Bonchev–Trinajstić information content (AvgIpc) is 3.49. The van der Waals surface area contributed by atoms with E-state index in [0.717, 1.165) is 32.6 Å². The van der Waals surface area contributed by atoms with Gasteiger partial charge in [-0.25, -0.2) is 19.4 Å². The number of likely N-dealkylation sites (N-methyl/N-ethyl adjacent to an activating group) is 1. The molecule has 2 aromatic rings. The number of nitriles is 1. The van der Waals surface area contributed by atoms with Gasteiger partial charge in [-0.05, 0) is 19.5 Å². The summed E-state index contributed by atoms with van der Waals surface area (Å²) < 4.78 is 103. The quantitative estimate of drug-likeness (QED) is 0.390. The molecule has 3 N–H and O–H groups in total. The van der Waals surface area contributed by atoms with Crippen molar-refractivity contribution < 1.29 is 74.0 Å². The second kappa shape index (κ2) is 16.3. The first-order valence-electron chi connectivity index (χ1n) is 12.7. The van der Waals surface area contributed by atoms with Gasteiger partial charge in [0.2, 0.25) is 5.88 Å². The number of ether oxygens (including phenoxy) is 1. The van der Waals surface area contributed by atoms with E-state index in [9.17, 15) is 39.5 Å². The van der Waals surface area contributed by atoms with Crippen LogP contribution in [-0.2, 0) is 28.0 Å². The van der Waals surface area contributed by atoms with E-state index in [1.807, 2.05) is 17.9 Å². The zero-order valence-corrected chi connectivity index (χ0v) is 24.3. The molecule has 22 heteroatoms. The highest BCUT2D eigenvalue weighted by Crippen LogP contribution is 2.40. The summed E-state index contributed by atoms with van der Waals surface area (Å²) in [6.07, 6.45) is -8.50. The van der Waals surface area contributed by atoms with Crippen molar-refractivity contribution in [1.29, 1.82) is 5.26 Å². The first-order valence-corrected chi connectivity index (χ1v) is 12.7. The number of aliphatic carboxylic acids is 3. The third-order valence-corrected chi connectivity index (χ3v) is 6.27. The van der Waals surface area contributed by atoms with Crippen LogP contribution in [0.4, 0.5) is 39.5 Å². The van der Waals surface area contributed by atoms with E-state index in [4.69, 9.17) is 39.7 Å². The number of carboxylic acid groups (broad SMARTS) is 3. The molecule has 0 radical (unpaired) electrons.